The van der Waals surface area contributed by atoms with Crippen LogP contribution >= 0.6 is 15.9 Å². The Bertz CT molecular complexity index is 393. The zero-order valence-electron chi connectivity index (χ0n) is 10.2. The molecule has 0 radical (unpaired) electrons. The molecule has 0 bridgehead atoms. The van der Waals surface area contributed by atoms with Crippen LogP contribution in [0.2, 0.25) is 0 Å². The molecule has 1 atom stereocenters. The van der Waals surface area contributed by atoms with Gasteiger partial charge in [0, 0.05) is 22.5 Å². The highest BCUT2D eigenvalue weighted by Gasteiger charge is 2.13. The number of phenols is 1. The van der Waals surface area contributed by atoms with E-state index in [2.05, 4.69) is 21.2 Å². The van der Waals surface area contributed by atoms with E-state index in [0.717, 1.165) is 18.2 Å². The number of hydrogen-bond donors (Lipinski definition) is 2. The molecule has 17 heavy (non-hydrogen) atoms. The summed E-state index contributed by atoms with van der Waals surface area (Å²) >= 11 is 3.36. The Balaban J connectivity index is 2.67. The third-order valence-corrected chi connectivity index (χ3v) is 3.26. The number of alkyl halides is 1. The van der Waals surface area contributed by atoms with Crippen molar-refractivity contribution < 1.29 is 9.90 Å². The summed E-state index contributed by atoms with van der Waals surface area (Å²) in [5.41, 5.74) is 1.16. The van der Waals surface area contributed by atoms with Crippen molar-refractivity contribution in [1.82, 2.24) is 5.32 Å². The van der Waals surface area contributed by atoms with Crippen LogP contribution in [0.15, 0.2) is 18.2 Å². The second-order valence-corrected chi connectivity index (χ2v) is 4.95. The fourth-order valence-electron chi connectivity index (χ4n) is 1.63. The summed E-state index contributed by atoms with van der Waals surface area (Å²) in [5, 5.41) is 13.4. The maximum absolute atomic E-state index is 12.0. The molecule has 0 fully saturated rings. The van der Waals surface area contributed by atoms with Crippen molar-refractivity contribution in [3.8, 4) is 5.75 Å². The van der Waals surface area contributed by atoms with Crippen LogP contribution in [-0.4, -0.2) is 22.4 Å². The highest BCUT2D eigenvalue weighted by Crippen LogP contribution is 2.19. The van der Waals surface area contributed by atoms with Gasteiger partial charge in [0.05, 0.1) is 0 Å². The van der Waals surface area contributed by atoms with Gasteiger partial charge in [-0.3, -0.25) is 4.79 Å². The molecule has 0 spiro atoms. The lowest BCUT2D eigenvalue weighted by molar-refractivity contribution is 0.0937. The lowest BCUT2D eigenvalue weighted by Crippen LogP contribution is -2.33. The number of nitrogens with one attached hydrogen (secondary N) is 1. The van der Waals surface area contributed by atoms with Crippen molar-refractivity contribution in [2.24, 2.45) is 0 Å². The van der Waals surface area contributed by atoms with Crippen molar-refractivity contribution in [3.05, 3.63) is 29.3 Å². The number of amides is 1. The number of aromatic hydroxyl groups is 1. The Kier molecular flexibility index (Phi) is 5.48. The average Bonchev–Trinajstić information content (AvgIpc) is 2.29. The minimum absolute atomic E-state index is 0.125. The van der Waals surface area contributed by atoms with Crippen molar-refractivity contribution in [2.75, 3.05) is 5.33 Å². The molecule has 1 amide bonds. The third-order valence-electron chi connectivity index (χ3n) is 2.70. The maximum Gasteiger partial charge on any atom is 0.251 e. The van der Waals surface area contributed by atoms with Gasteiger partial charge >= 0.3 is 0 Å². The predicted molar refractivity (Wildman–Crippen MR) is 72.8 cm³/mol. The van der Waals surface area contributed by atoms with Crippen molar-refractivity contribution in [3.63, 3.8) is 0 Å². The molecule has 3 nitrogen and oxygen atoms in total. The summed E-state index contributed by atoms with van der Waals surface area (Å²) in [6, 6.07) is 5.13. The van der Waals surface area contributed by atoms with Crippen LogP contribution in [0, 0.1) is 6.92 Å². The Morgan fingerprint density at radius 1 is 1.53 bits per heavy atom. The standard InChI is InChI=1S/C13H18BrNO2/c1-9(5-4-8-14)15-13(17)11-6-3-7-12(16)10(11)2/h3,6-7,9,16H,4-5,8H2,1-2H3,(H,15,17). The van der Waals surface area contributed by atoms with Crippen molar-refractivity contribution in [2.45, 2.75) is 32.7 Å². The number of carbonyl (C=O) groups excluding carboxylic acids is 1. The first-order chi connectivity index (χ1) is 8.06. The van der Waals surface area contributed by atoms with Crippen LogP contribution in [0.25, 0.3) is 0 Å². The van der Waals surface area contributed by atoms with Gasteiger partial charge in [-0.05, 0) is 38.8 Å². The van der Waals surface area contributed by atoms with Gasteiger partial charge in [0.2, 0.25) is 0 Å². The van der Waals surface area contributed by atoms with Gasteiger partial charge in [-0.2, -0.15) is 0 Å². The van der Waals surface area contributed by atoms with E-state index in [-0.39, 0.29) is 17.7 Å². The lowest BCUT2D eigenvalue weighted by atomic mass is 10.1. The predicted octanol–water partition coefficient (Wildman–Crippen LogP) is 2.99. The van der Waals surface area contributed by atoms with E-state index >= 15 is 0 Å². The van der Waals surface area contributed by atoms with E-state index in [0.29, 0.717) is 11.1 Å². The number of halogens is 1. The second-order valence-electron chi connectivity index (χ2n) is 4.16. The van der Waals surface area contributed by atoms with E-state index in [1.807, 2.05) is 6.92 Å². The summed E-state index contributed by atoms with van der Waals surface area (Å²) in [6.45, 7) is 3.73. The fourth-order valence-corrected chi connectivity index (χ4v) is 1.95. The van der Waals surface area contributed by atoms with E-state index < -0.39 is 0 Å². The van der Waals surface area contributed by atoms with E-state index in [9.17, 15) is 9.90 Å². The largest absolute Gasteiger partial charge is 0.508 e. The van der Waals surface area contributed by atoms with Crippen LogP contribution in [0.3, 0.4) is 0 Å². The summed E-state index contributed by atoms with van der Waals surface area (Å²) in [5.74, 6) is 0.0335. The van der Waals surface area contributed by atoms with Gasteiger partial charge in [-0.1, -0.05) is 22.0 Å². The number of carbonyl (C=O) groups is 1. The first-order valence-electron chi connectivity index (χ1n) is 5.71. The van der Waals surface area contributed by atoms with Crippen molar-refractivity contribution >= 4 is 21.8 Å². The van der Waals surface area contributed by atoms with Gasteiger partial charge in [0.25, 0.3) is 5.91 Å². The number of rotatable bonds is 5. The molecular formula is C13H18BrNO2. The zero-order valence-corrected chi connectivity index (χ0v) is 11.8. The third kappa shape index (κ3) is 4.04. The second kappa shape index (κ2) is 6.64. The smallest absolute Gasteiger partial charge is 0.251 e. The molecule has 1 unspecified atom stereocenters. The van der Waals surface area contributed by atoms with Gasteiger partial charge in [0.1, 0.15) is 5.75 Å². The van der Waals surface area contributed by atoms with Gasteiger partial charge in [-0.15, -0.1) is 0 Å². The topological polar surface area (TPSA) is 49.3 Å². The summed E-state index contributed by atoms with van der Waals surface area (Å²) in [6.07, 6.45) is 1.97. The summed E-state index contributed by atoms with van der Waals surface area (Å²) < 4.78 is 0. The molecule has 0 saturated carbocycles. The molecule has 2 N–H and O–H groups in total. The SMILES string of the molecule is Cc1c(O)cccc1C(=O)NC(C)CCCBr. The van der Waals surface area contributed by atoms with Crippen LogP contribution in [0.5, 0.6) is 5.75 Å². The minimum Gasteiger partial charge on any atom is -0.508 e. The maximum atomic E-state index is 12.0. The molecular weight excluding hydrogens is 282 g/mol. The molecule has 0 aromatic heterocycles. The molecule has 1 aromatic rings. The molecule has 4 heteroatoms. The molecule has 0 aliphatic rings. The van der Waals surface area contributed by atoms with Crippen LogP contribution in [0.1, 0.15) is 35.7 Å². The zero-order chi connectivity index (χ0) is 12.8. The average molecular weight is 300 g/mol. The molecule has 0 aliphatic carbocycles. The van der Waals surface area contributed by atoms with Crippen molar-refractivity contribution in [1.29, 1.82) is 0 Å². The quantitative estimate of drug-likeness (QED) is 0.821. The number of phenolic OH excluding ortho intramolecular Hbond substituents is 1. The van der Waals surface area contributed by atoms with E-state index in [1.54, 1.807) is 25.1 Å². The molecule has 94 valence electrons. The van der Waals surface area contributed by atoms with Crippen LogP contribution < -0.4 is 5.32 Å². The first kappa shape index (κ1) is 14.0. The van der Waals surface area contributed by atoms with Gasteiger partial charge in [-0.25, -0.2) is 0 Å². The van der Waals surface area contributed by atoms with Gasteiger partial charge < -0.3 is 10.4 Å². The highest BCUT2D eigenvalue weighted by atomic mass is 79.9. The summed E-state index contributed by atoms with van der Waals surface area (Å²) in [7, 11) is 0. The Hall–Kier alpha value is -1.03. The number of benzene rings is 1. The first-order valence-corrected chi connectivity index (χ1v) is 6.83. The Morgan fingerprint density at radius 3 is 2.88 bits per heavy atom. The molecule has 0 saturated heterocycles. The molecule has 0 aliphatic heterocycles. The molecule has 1 aromatic carbocycles. The number of hydrogen-bond acceptors (Lipinski definition) is 2. The minimum atomic E-state index is -0.125. The van der Waals surface area contributed by atoms with Crippen LogP contribution in [0.4, 0.5) is 0 Å². The fraction of sp³-hybridized carbons (Fsp3) is 0.462. The Labute approximate surface area is 110 Å². The molecule has 0 heterocycles. The Morgan fingerprint density at radius 2 is 2.24 bits per heavy atom. The van der Waals surface area contributed by atoms with E-state index in [4.69, 9.17) is 0 Å². The normalized spacial score (nSPS) is 12.2. The van der Waals surface area contributed by atoms with Crippen LogP contribution in [-0.2, 0) is 0 Å². The molecule has 1 rings (SSSR count). The highest BCUT2D eigenvalue weighted by molar-refractivity contribution is 9.09. The van der Waals surface area contributed by atoms with E-state index in [1.165, 1.54) is 0 Å². The monoisotopic (exact) mass is 299 g/mol. The van der Waals surface area contributed by atoms with Gasteiger partial charge in [0.15, 0.2) is 0 Å². The summed E-state index contributed by atoms with van der Waals surface area (Å²) in [4.78, 5) is 12.0. The lowest BCUT2D eigenvalue weighted by Gasteiger charge is -2.14.